The summed E-state index contributed by atoms with van der Waals surface area (Å²) >= 11 is 1.24. The Morgan fingerprint density at radius 2 is 1.59 bits per heavy atom. The molecule has 0 bridgehead atoms. The van der Waals surface area contributed by atoms with Crippen molar-refractivity contribution in [2.24, 2.45) is 5.92 Å². The lowest BCUT2D eigenvalue weighted by atomic mass is 9.99. The van der Waals surface area contributed by atoms with Gasteiger partial charge in [0.2, 0.25) is 0 Å². The van der Waals surface area contributed by atoms with Gasteiger partial charge in [-0.25, -0.2) is 0 Å². The molecule has 2 rings (SSSR count). The Morgan fingerprint density at radius 1 is 1.05 bits per heavy atom. The van der Waals surface area contributed by atoms with Crippen LogP contribution in [0.15, 0.2) is 47.4 Å². The number of hydrogen-bond donors (Lipinski definition) is 1. The average molecular weight is 314 g/mol. The van der Waals surface area contributed by atoms with E-state index in [2.05, 4.69) is 19.1 Å². The Balaban J connectivity index is 2.16. The molecule has 0 aromatic heterocycles. The zero-order valence-corrected chi connectivity index (χ0v) is 14.3. The SMILES string of the molecule is Cc1cc(C)c(SC(=O)[C@H](C)[C@H](O)c2ccccc2)c(C)c1. The first-order valence-electron chi connectivity index (χ1n) is 7.42. The Morgan fingerprint density at radius 3 is 2.14 bits per heavy atom. The number of thioether (sulfide) groups is 1. The summed E-state index contributed by atoms with van der Waals surface area (Å²) in [5, 5.41) is 10.4. The number of benzene rings is 2. The van der Waals surface area contributed by atoms with Gasteiger partial charge in [-0.2, -0.15) is 0 Å². The highest BCUT2D eigenvalue weighted by Crippen LogP contribution is 2.33. The van der Waals surface area contributed by atoms with Crippen molar-refractivity contribution in [2.75, 3.05) is 0 Å². The summed E-state index contributed by atoms with van der Waals surface area (Å²) in [7, 11) is 0. The average Bonchev–Trinajstić information content (AvgIpc) is 2.50. The van der Waals surface area contributed by atoms with Gasteiger partial charge in [0.25, 0.3) is 0 Å². The van der Waals surface area contributed by atoms with E-state index in [1.54, 1.807) is 6.92 Å². The van der Waals surface area contributed by atoms with Gasteiger partial charge < -0.3 is 5.11 Å². The normalized spacial score (nSPS) is 13.7. The van der Waals surface area contributed by atoms with E-state index in [0.29, 0.717) is 0 Å². The van der Waals surface area contributed by atoms with Gasteiger partial charge in [0, 0.05) is 4.90 Å². The molecule has 0 aliphatic rings. The van der Waals surface area contributed by atoms with Crippen molar-refractivity contribution in [1.29, 1.82) is 0 Å². The van der Waals surface area contributed by atoms with Crippen LogP contribution < -0.4 is 0 Å². The van der Waals surface area contributed by atoms with Gasteiger partial charge in [-0.05, 0) is 37.5 Å². The van der Waals surface area contributed by atoms with Crippen LogP contribution in [0.1, 0.15) is 35.3 Å². The lowest BCUT2D eigenvalue weighted by Crippen LogP contribution is -2.17. The Kier molecular flexibility index (Phi) is 5.43. The number of aliphatic hydroxyl groups excluding tert-OH is 1. The number of rotatable bonds is 4. The van der Waals surface area contributed by atoms with Crippen molar-refractivity contribution in [3.8, 4) is 0 Å². The summed E-state index contributed by atoms with van der Waals surface area (Å²) in [6.45, 7) is 7.88. The minimum atomic E-state index is -0.771. The third kappa shape index (κ3) is 3.79. The van der Waals surface area contributed by atoms with Crippen LogP contribution in [0, 0.1) is 26.7 Å². The fourth-order valence-corrected chi connectivity index (χ4v) is 3.54. The third-order valence-electron chi connectivity index (χ3n) is 3.79. The first-order valence-corrected chi connectivity index (χ1v) is 8.24. The van der Waals surface area contributed by atoms with Crippen LogP contribution in [0.3, 0.4) is 0 Å². The second-order valence-corrected chi connectivity index (χ2v) is 6.81. The molecule has 3 heteroatoms. The van der Waals surface area contributed by atoms with Crippen LogP contribution in [0.25, 0.3) is 0 Å². The van der Waals surface area contributed by atoms with Crippen LogP contribution in [0.2, 0.25) is 0 Å². The van der Waals surface area contributed by atoms with E-state index in [-0.39, 0.29) is 5.12 Å². The number of carbonyl (C=O) groups is 1. The lowest BCUT2D eigenvalue weighted by Gasteiger charge is -2.19. The number of aryl methyl sites for hydroxylation is 3. The molecule has 0 aliphatic heterocycles. The maximum Gasteiger partial charge on any atom is 0.199 e. The standard InChI is InChI=1S/C19H22O2S/c1-12-10-13(2)18(14(3)11-12)22-19(21)15(4)17(20)16-8-6-5-7-9-16/h5-11,15,17,20H,1-4H3/t15-,17+/m1/s1. The molecule has 2 atom stereocenters. The summed E-state index contributed by atoms with van der Waals surface area (Å²) in [5.41, 5.74) is 4.19. The molecule has 0 spiro atoms. The summed E-state index contributed by atoms with van der Waals surface area (Å²) < 4.78 is 0. The molecule has 0 radical (unpaired) electrons. The lowest BCUT2D eigenvalue weighted by molar-refractivity contribution is -0.117. The molecule has 22 heavy (non-hydrogen) atoms. The number of carbonyl (C=O) groups excluding carboxylic acids is 1. The molecule has 2 nitrogen and oxygen atoms in total. The fraction of sp³-hybridized carbons (Fsp3) is 0.316. The Bertz CT molecular complexity index is 641. The van der Waals surface area contributed by atoms with Crippen LogP contribution in [0.5, 0.6) is 0 Å². The van der Waals surface area contributed by atoms with E-state index >= 15 is 0 Å². The quantitative estimate of drug-likeness (QED) is 0.838. The zero-order chi connectivity index (χ0) is 16.3. The monoisotopic (exact) mass is 314 g/mol. The summed E-state index contributed by atoms with van der Waals surface area (Å²) in [6, 6.07) is 13.5. The molecule has 0 amide bonds. The van der Waals surface area contributed by atoms with Crippen molar-refractivity contribution in [2.45, 2.75) is 38.7 Å². The number of aliphatic hydroxyl groups is 1. The van der Waals surface area contributed by atoms with Crippen molar-refractivity contribution in [3.63, 3.8) is 0 Å². The van der Waals surface area contributed by atoms with Crippen LogP contribution in [-0.2, 0) is 4.79 Å². The second-order valence-electron chi connectivity index (χ2n) is 5.79. The first-order chi connectivity index (χ1) is 10.4. The zero-order valence-electron chi connectivity index (χ0n) is 13.5. The van der Waals surface area contributed by atoms with Crippen molar-refractivity contribution in [1.82, 2.24) is 0 Å². The topological polar surface area (TPSA) is 37.3 Å². The minimum absolute atomic E-state index is 0.00796. The smallest absolute Gasteiger partial charge is 0.199 e. The molecule has 0 unspecified atom stereocenters. The minimum Gasteiger partial charge on any atom is -0.388 e. The maximum atomic E-state index is 12.5. The molecule has 0 aliphatic carbocycles. The van der Waals surface area contributed by atoms with Crippen molar-refractivity contribution >= 4 is 16.9 Å². The van der Waals surface area contributed by atoms with Gasteiger partial charge >= 0.3 is 0 Å². The molecule has 0 saturated carbocycles. The molecule has 0 fully saturated rings. The second kappa shape index (κ2) is 7.12. The third-order valence-corrected chi connectivity index (χ3v) is 5.21. The summed E-state index contributed by atoms with van der Waals surface area (Å²) in [4.78, 5) is 13.5. The van der Waals surface area contributed by atoms with E-state index < -0.39 is 12.0 Å². The molecule has 0 saturated heterocycles. The summed E-state index contributed by atoms with van der Waals surface area (Å²) in [5.74, 6) is -0.451. The van der Waals surface area contributed by atoms with E-state index in [1.165, 1.54) is 17.3 Å². The van der Waals surface area contributed by atoms with Crippen LogP contribution in [-0.4, -0.2) is 10.2 Å². The highest BCUT2D eigenvalue weighted by Gasteiger charge is 2.25. The largest absolute Gasteiger partial charge is 0.388 e. The van der Waals surface area contributed by atoms with Gasteiger partial charge in [0.15, 0.2) is 5.12 Å². The Hall–Kier alpha value is -1.58. The molecule has 116 valence electrons. The summed E-state index contributed by atoms with van der Waals surface area (Å²) in [6.07, 6.45) is -0.771. The van der Waals surface area contributed by atoms with Gasteiger partial charge in [0.05, 0.1) is 12.0 Å². The molecule has 0 heterocycles. The van der Waals surface area contributed by atoms with Crippen LogP contribution >= 0.6 is 11.8 Å². The fourth-order valence-electron chi connectivity index (χ4n) is 2.59. The molecular formula is C19H22O2S. The molecule has 2 aromatic rings. The molecule has 1 N–H and O–H groups in total. The van der Waals surface area contributed by atoms with E-state index in [9.17, 15) is 9.90 Å². The Labute approximate surface area is 136 Å². The van der Waals surface area contributed by atoms with Crippen molar-refractivity contribution < 1.29 is 9.90 Å². The van der Waals surface area contributed by atoms with Gasteiger partial charge in [-0.15, -0.1) is 0 Å². The molecular weight excluding hydrogens is 292 g/mol. The first kappa shape index (κ1) is 16.8. The highest BCUT2D eigenvalue weighted by atomic mass is 32.2. The van der Waals surface area contributed by atoms with Gasteiger partial charge in [-0.3, -0.25) is 4.79 Å². The highest BCUT2D eigenvalue weighted by molar-refractivity contribution is 8.13. The van der Waals surface area contributed by atoms with Gasteiger partial charge in [0.1, 0.15) is 0 Å². The van der Waals surface area contributed by atoms with E-state index in [0.717, 1.165) is 21.6 Å². The predicted octanol–water partition coefficient (Wildman–Crippen LogP) is 4.60. The maximum absolute atomic E-state index is 12.5. The van der Waals surface area contributed by atoms with Gasteiger partial charge in [-0.1, -0.05) is 66.7 Å². The number of hydrogen-bond acceptors (Lipinski definition) is 3. The predicted molar refractivity (Wildman–Crippen MR) is 92.1 cm³/mol. The van der Waals surface area contributed by atoms with E-state index in [4.69, 9.17) is 0 Å². The van der Waals surface area contributed by atoms with Crippen molar-refractivity contribution in [3.05, 3.63) is 64.7 Å². The van der Waals surface area contributed by atoms with Crippen LogP contribution in [0.4, 0.5) is 0 Å². The molecule has 2 aromatic carbocycles. The van der Waals surface area contributed by atoms with E-state index in [1.807, 2.05) is 44.2 Å².